The molecule has 132 valence electrons. The molecular weight excluding hydrogens is 313 g/mol. The maximum Gasteiger partial charge on any atom is 0.410 e. The lowest BCUT2D eigenvalue weighted by Crippen LogP contribution is -2.35. The molecule has 0 aliphatic carbocycles. The molecule has 2 atom stereocenters. The van der Waals surface area contributed by atoms with Crippen LogP contribution in [-0.4, -0.2) is 41.8 Å². The van der Waals surface area contributed by atoms with E-state index >= 15 is 0 Å². The standard InChI is InChI=1S/C18H24FNO4/c1-18(2,3)24-17(22)20-10-14(15(19)11-20)9-16(21)23-12-13-7-5-4-6-8-13/h4-8,14-15H,9-12H2,1-3H3/t14-,15-/m1/s1. The van der Waals surface area contributed by atoms with Crippen LogP contribution in [-0.2, 0) is 20.9 Å². The summed E-state index contributed by atoms with van der Waals surface area (Å²) in [5, 5.41) is 0. The van der Waals surface area contributed by atoms with Gasteiger partial charge in [-0.05, 0) is 26.3 Å². The van der Waals surface area contributed by atoms with Gasteiger partial charge in [-0.1, -0.05) is 30.3 Å². The number of halogens is 1. The number of hydrogen-bond donors (Lipinski definition) is 0. The zero-order chi connectivity index (χ0) is 17.7. The molecule has 0 saturated carbocycles. The van der Waals surface area contributed by atoms with Crippen LogP contribution in [0.4, 0.5) is 9.18 Å². The van der Waals surface area contributed by atoms with Crippen LogP contribution in [0.25, 0.3) is 0 Å². The Morgan fingerprint density at radius 1 is 1.21 bits per heavy atom. The van der Waals surface area contributed by atoms with Crippen LogP contribution in [0.2, 0.25) is 0 Å². The fourth-order valence-electron chi connectivity index (χ4n) is 2.51. The molecule has 0 radical (unpaired) electrons. The highest BCUT2D eigenvalue weighted by Gasteiger charge is 2.38. The highest BCUT2D eigenvalue weighted by atomic mass is 19.1. The lowest BCUT2D eigenvalue weighted by atomic mass is 10.0. The number of nitrogens with zero attached hydrogens (tertiary/aromatic N) is 1. The van der Waals surface area contributed by atoms with E-state index in [4.69, 9.17) is 9.47 Å². The Balaban J connectivity index is 1.80. The van der Waals surface area contributed by atoms with E-state index in [9.17, 15) is 14.0 Å². The lowest BCUT2D eigenvalue weighted by molar-refractivity contribution is -0.146. The summed E-state index contributed by atoms with van der Waals surface area (Å²) in [4.78, 5) is 25.2. The second-order valence-corrected chi connectivity index (χ2v) is 7.01. The molecule has 1 amide bonds. The number of carbonyl (C=O) groups excluding carboxylic acids is 2. The van der Waals surface area contributed by atoms with E-state index in [-0.39, 0.29) is 26.1 Å². The van der Waals surface area contributed by atoms with E-state index < -0.39 is 29.8 Å². The Morgan fingerprint density at radius 2 is 1.88 bits per heavy atom. The molecule has 1 aromatic carbocycles. The van der Waals surface area contributed by atoms with Crippen molar-refractivity contribution in [1.82, 2.24) is 4.90 Å². The Bertz CT molecular complexity index is 570. The topological polar surface area (TPSA) is 55.8 Å². The summed E-state index contributed by atoms with van der Waals surface area (Å²) in [5.41, 5.74) is 0.250. The van der Waals surface area contributed by atoms with Crippen LogP contribution in [0.15, 0.2) is 30.3 Å². The molecule has 1 saturated heterocycles. The van der Waals surface area contributed by atoms with Gasteiger partial charge in [0, 0.05) is 12.5 Å². The van der Waals surface area contributed by atoms with Crippen LogP contribution in [0.1, 0.15) is 32.8 Å². The first kappa shape index (κ1) is 18.2. The molecule has 1 aliphatic heterocycles. The molecule has 1 heterocycles. The van der Waals surface area contributed by atoms with Gasteiger partial charge in [0.25, 0.3) is 0 Å². The van der Waals surface area contributed by atoms with E-state index in [1.54, 1.807) is 20.8 Å². The first-order chi connectivity index (χ1) is 11.2. The third-order valence-electron chi connectivity index (χ3n) is 3.68. The average Bonchev–Trinajstić information content (AvgIpc) is 2.86. The highest BCUT2D eigenvalue weighted by Crippen LogP contribution is 2.25. The average molecular weight is 337 g/mol. The van der Waals surface area contributed by atoms with Crippen LogP contribution in [0.3, 0.4) is 0 Å². The second-order valence-electron chi connectivity index (χ2n) is 7.01. The minimum absolute atomic E-state index is 0.0483. The van der Waals surface area contributed by atoms with Crippen LogP contribution in [0.5, 0.6) is 0 Å². The van der Waals surface area contributed by atoms with Crippen LogP contribution in [0, 0.1) is 5.92 Å². The van der Waals surface area contributed by atoms with Crippen molar-refractivity contribution in [3.63, 3.8) is 0 Å². The minimum Gasteiger partial charge on any atom is -0.461 e. The number of likely N-dealkylation sites (tertiary alicyclic amines) is 1. The van der Waals surface area contributed by atoms with Gasteiger partial charge in [-0.2, -0.15) is 0 Å². The summed E-state index contributed by atoms with van der Waals surface area (Å²) in [6, 6.07) is 9.30. The smallest absolute Gasteiger partial charge is 0.410 e. The molecule has 1 aromatic rings. The SMILES string of the molecule is CC(C)(C)OC(=O)N1C[C@@H](CC(=O)OCc2ccccc2)[C@H](F)C1. The Labute approximate surface area is 141 Å². The zero-order valence-electron chi connectivity index (χ0n) is 14.3. The quantitative estimate of drug-likeness (QED) is 0.791. The van der Waals surface area contributed by atoms with E-state index in [1.165, 1.54) is 4.90 Å². The van der Waals surface area contributed by atoms with Crippen LogP contribution >= 0.6 is 0 Å². The fourth-order valence-corrected chi connectivity index (χ4v) is 2.51. The molecule has 6 heteroatoms. The number of rotatable bonds is 4. The van der Waals surface area contributed by atoms with E-state index in [2.05, 4.69) is 0 Å². The van der Waals surface area contributed by atoms with Gasteiger partial charge >= 0.3 is 12.1 Å². The number of amides is 1. The van der Waals surface area contributed by atoms with Crippen molar-refractivity contribution in [2.75, 3.05) is 13.1 Å². The van der Waals surface area contributed by atoms with Gasteiger partial charge in [0.15, 0.2) is 0 Å². The Hall–Kier alpha value is -2.11. The van der Waals surface area contributed by atoms with Crippen molar-refractivity contribution < 1.29 is 23.5 Å². The molecule has 1 fully saturated rings. The van der Waals surface area contributed by atoms with E-state index in [0.29, 0.717) is 0 Å². The largest absolute Gasteiger partial charge is 0.461 e. The van der Waals surface area contributed by atoms with E-state index in [0.717, 1.165) is 5.56 Å². The molecule has 0 spiro atoms. The Kier molecular flexibility index (Phi) is 5.80. The summed E-state index contributed by atoms with van der Waals surface area (Å²) in [6.07, 6.45) is -1.85. The van der Waals surface area contributed by atoms with Gasteiger partial charge in [-0.25, -0.2) is 9.18 Å². The van der Waals surface area contributed by atoms with Crippen molar-refractivity contribution in [3.05, 3.63) is 35.9 Å². The molecule has 1 aliphatic rings. The molecule has 2 rings (SSSR count). The van der Waals surface area contributed by atoms with Gasteiger partial charge in [-0.3, -0.25) is 4.79 Å². The van der Waals surface area contributed by atoms with Crippen molar-refractivity contribution in [3.8, 4) is 0 Å². The molecule has 0 bridgehead atoms. The molecule has 5 nitrogen and oxygen atoms in total. The predicted octanol–water partition coefficient (Wildman–Crippen LogP) is 3.32. The number of hydrogen-bond acceptors (Lipinski definition) is 4. The van der Waals surface area contributed by atoms with E-state index in [1.807, 2.05) is 30.3 Å². The second kappa shape index (κ2) is 7.64. The lowest BCUT2D eigenvalue weighted by Gasteiger charge is -2.24. The predicted molar refractivity (Wildman–Crippen MR) is 87.0 cm³/mol. The molecule has 24 heavy (non-hydrogen) atoms. The van der Waals surface area contributed by atoms with Gasteiger partial charge < -0.3 is 14.4 Å². The van der Waals surface area contributed by atoms with Crippen LogP contribution < -0.4 is 0 Å². The fraction of sp³-hybridized carbons (Fsp3) is 0.556. The van der Waals surface area contributed by atoms with Gasteiger partial charge in [-0.15, -0.1) is 0 Å². The number of ether oxygens (including phenoxy) is 2. The van der Waals surface area contributed by atoms with Crippen molar-refractivity contribution in [1.29, 1.82) is 0 Å². The molecule has 0 unspecified atom stereocenters. The monoisotopic (exact) mass is 337 g/mol. The zero-order valence-corrected chi connectivity index (χ0v) is 14.3. The maximum absolute atomic E-state index is 14.1. The normalized spacial score (nSPS) is 20.8. The first-order valence-corrected chi connectivity index (χ1v) is 8.06. The Morgan fingerprint density at radius 3 is 2.50 bits per heavy atom. The van der Waals surface area contributed by atoms with Gasteiger partial charge in [0.1, 0.15) is 18.4 Å². The first-order valence-electron chi connectivity index (χ1n) is 8.06. The third-order valence-corrected chi connectivity index (χ3v) is 3.68. The number of carbonyl (C=O) groups is 2. The van der Waals surface area contributed by atoms with Gasteiger partial charge in [0.05, 0.1) is 13.0 Å². The highest BCUT2D eigenvalue weighted by molar-refractivity contribution is 5.71. The van der Waals surface area contributed by atoms with Crippen molar-refractivity contribution in [2.24, 2.45) is 5.92 Å². The minimum atomic E-state index is -1.25. The number of alkyl halides is 1. The third kappa shape index (κ3) is 5.51. The summed E-state index contributed by atoms with van der Waals surface area (Å²) in [7, 11) is 0. The maximum atomic E-state index is 14.1. The van der Waals surface area contributed by atoms with Gasteiger partial charge in [0.2, 0.25) is 0 Å². The summed E-state index contributed by atoms with van der Waals surface area (Å²) >= 11 is 0. The van der Waals surface area contributed by atoms with Crippen molar-refractivity contribution >= 4 is 12.1 Å². The number of benzene rings is 1. The summed E-state index contributed by atoms with van der Waals surface area (Å²) in [5.74, 6) is -1.02. The number of esters is 1. The molecular formula is C18H24FNO4. The molecule has 0 aromatic heterocycles. The summed E-state index contributed by atoms with van der Waals surface area (Å²) < 4.78 is 24.5. The molecule has 0 N–H and O–H groups in total. The van der Waals surface area contributed by atoms with Crippen molar-refractivity contribution in [2.45, 2.75) is 45.6 Å². The summed E-state index contributed by atoms with van der Waals surface area (Å²) in [6.45, 7) is 5.55.